The Morgan fingerprint density at radius 2 is 1.89 bits per heavy atom. The zero-order valence-corrected chi connectivity index (χ0v) is 17.0. The number of esters is 1. The number of hydrogen-bond donors (Lipinski definition) is 1. The summed E-state index contributed by atoms with van der Waals surface area (Å²) in [7, 11) is 0. The van der Waals surface area contributed by atoms with Crippen LogP contribution in [-0.2, 0) is 16.1 Å². The highest BCUT2D eigenvalue weighted by molar-refractivity contribution is 6.32. The molecule has 1 aromatic carbocycles. The molecule has 146 valence electrons. The largest absolute Gasteiger partial charge is 0.452 e. The molecular formula is C20H26ClN3O3. The van der Waals surface area contributed by atoms with Gasteiger partial charge in [0.05, 0.1) is 12.2 Å². The van der Waals surface area contributed by atoms with Crippen LogP contribution < -0.4 is 5.32 Å². The van der Waals surface area contributed by atoms with Crippen LogP contribution in [0.1, 0.15) is 47.4 Å². The van der Waals surface area contributed by atoms with Crippen molar-refractivity contribution in [2.45, 2.75) is 40.7 Å². The Kier molecular flexibility index (Phi) is 7.42. The lowest BCUT2D eigenvalue weighted by molar-refractivity contribution is -0.124. The first-order chi connectivity index (χ1) is 12.8. The van der Waals surface area contributed by atoms with Crippen LogP contribution in [0.3, 0.4) is 0 Å². The standard InChI is InChI=1S/C20H26ClN3O3/c1-13(2)9-10-22-17(25)12-27-20(26)18-15(4)23-24(19(18)21)11-16-7-5-14(3)6-8-16/h5-8,13H,9-12H2,1-4H3,(H,22,25). The molecule has 1 heterocycles. The molecule has 7 heteroatoms. The number of aryl methyl sites for hydroxylation is 2. The summed E-state index contributed by atoms with van der Waals surface area (Å²) in [6.45, 7) is 8.52. The highest BCUT2D eigenvalue weighted by Crippen LogP contribution is 2.22. The minimum absolute atomic E-state index is 0.193. The first kappa shape index (κ1) is 21.0. The van der Waals surface area contributed by atoms with Crippen LogP contribution in [0.5, 0.6) is 0 Å². The number of carbonyl (C=O) groups excluding carboxylic acids is 2. The molecule has 1 N–H and O–H groups in total. The SMILES string of the molecule is Cc1ccc(Cn2nc(C)c(C(=O)OCC(=O)NCCC(C)C)c2Cl)cc1. The maximum absolute atomic E-state index is 12.3. The van der Waals surface area contributed by atoms with Gasteiger partial charge in [0.1, 0.15) is 10.7 Å². The van der Waals surface area contributed by atoms with Crippen molar-refractivity contribution in [3.8, 4) is 0 Å². The number of aromatic nitrogens is 2. The molecule has 0 fully saturated rings. The normalized spacial score (nSPS) is 10.9. The van der Waals surface area contributed by atoms with Gasteiger partial charge in [-0.1, -0.05) is 55.3 Å². The van der Waals surface area contributed by atoms with Crippen molar-refractivity contribution in [3.63, 3.8) is 0 Å². The number of halogens is 1. The molecule has 0 saturated carbocycles. The number of rotatable bonds is 8. The van der Waals surface area contributed by atoms with E-state index in [1.54, 1.807) is 11.6 Å². The molecule has 6 nitrogen and oxygen atoms in total. The highest BCUT2D eigenvalue weighted by Gasteiger charge is 2.22. The third-order valence-electron chi connectivity index (χ3n) is 4.10. The summed E-state index contributed by atoms with van der Waals surface area (Å²) in [4.78, 5) is 24.1. The van der Waals surface area contributed by atoms with Crippen LogP contribution in [0.25, 0.3) is 0 Å². The van der Waals surface area contributed by atoms with Gasteiger partial charge < -0.3 is 10.1 Å². The summed E-state index contributed by atoms with van der Waals surface area (Å²) in [5.74, 6) is -0.481. The molecule has 0 saturated heterocycles. The van der Waals surface area contributed by atoms with Gasteiger partial charge in [0.15, 0.2) is 6.61 Å². The molecule has 0 bridgehead atoms. The Hall–Kier alpha value is -2.34. The Labute approximate surface area is 164 Å². The van der Waals surface area contributed by atoms with Crippen LogP contribution in [0.4, 0.5) is 0 Å². The van der Waals surface area contributed by atoms with E-state index in [1.807, 2.05) is 31.2 Å². The van der Waals surface area contributed by atoms with Gasteiger partial charge in [0.2, 0.25) is 0 Å². The second-order valence-corrected chi connectivity index (χ2v) is 7.36. The van der Waals surface area contributed by atoms with Crippen LogP contribution >= 0.6 is 11.6 Å². The molecule has 2 aromatic rings. The number of benzene rings is 1. The van der Waals surface area contributed by atoms with Crippen LogP contribution in [0.2, 0.25) is 5.15 Å². The summed E-state index contributed by atoms with van der Waals surface area (Å²) >= 11 is 6.34. The van der Waals surface area contributed by atoms with Gasteiger partial charge in [-0.25, -0.2) is 9.48 Å². The fourth-order valence-corrected chi connectivity index (χ4v) is 2.82. The Morgan fingerprint density at radius 1 is 1.22 bits per heavy atom. The van der Waals surface area contributed by atoms with Crippen molar-refractivity contribution in [1.29, 1.82) is 0 Å². The quantitative estimate of drug-likeness (QED) is 0.699. The van der Waals surface area contributed by atoms with E-state index in [0.717, 1.165) is 17.5 Å². The third-order valence-corrected chi connectivity index (χ3v) is 4.48. The van der Waals surface area contributed by atoms with E-state index in [4.69, 9.17) is 16.3 Å². The van der Waals surface area contributed by atoms with Crippen molar-refractivity contribution < 1.29 is 14.3 Å². The van der Waals surface area contributed by atoms with Gasteiger partial charge in [0, 0.05) is 6.54 Å². The number of ether oxygens (including phenoxy) is 1. The first-order valence-corrected chi connectivity index (χ1v) is 9.38. The summed E-state index contributed by atoms with van der Waals surface area (Å²) in [6, 6.07) is 7.99. The Bertz CT molecular complexity index is 798. The minimum Gasteiger partial charge on any atom is -0.452 e. The molecule has 0 spiro atoms. The number of nitrogens with one attached hydrogen (secondary N) is 1. The molecule has 1 aromatic heterocycles. The molecule has 1 amide bonds. The van der Waals surface area contributed by atoms with E-state index >= 15 is 0 Å². The van der Waals surface area contributed by atoms with Crippen LogP contribution in [-0.4, -0.2) is 34.8 Å². The van der Waals surface area contributed by atoms with Crippen molar-refractivity contribution in [2.24, 2.45) is 5.92 Å². The van der Waals surface area contributed by atoms with E-state index in [-0.39, 0.29) is 23.2 Å². The first-order valence-electron chi connectivity index (χ1n) is 9.00. The lowest BCUT2D eigenvalue weighted by Crippen LogP contribution is -2.30. The molecule has 0 unspecified atom stereocenters. The fraction of sp³-hybridized carbons (Fsp3) is 0.450. The number of nitrogens with zero attached hydrogens (tertiary/aromatic N) is 2. The maximum Gasteiger partial charge on any atom is 0.343 e. The third kappa shape index (κ3) is 6.10. The lowest BCUT2D eigenvalue weighted by atomic mass is 10.1. The Balaban J connectivity index is 1.97. The second-order valence-electron chi connectivity index (χ2n) is 7.00. The number of carbonyl (C=O) groups is 2. The van der Waals surface area contributed by atoms with Crippen molar-refractivity contribution >= 4 is 23.5 Å². The molecule has 0 radical (unpaired) electrons. The average Bonchev–Trinajstić information content (AvgIpc) is 2.88. The summed E-state index contributed by atoms with van der Waals surface area (Å²) in [6.07, 6.45) is 0.871. The number of amides is 1. The van der Waals surface area contributed by atoms with Crippen molar-refractivity contribution in [3.05, 3.63) is 51.8 Å². The molecule has 0 atom stereocenters. The second kappa shape index (κ2) is 9.55. The minimum atomic E-state index is -0.647. The summed E-state index contributed by atoms with van der Waals surface area (Å²) in [5.41, 5.74) is 2.85. The van der Waals surface area contributed by atoms with Crippen molar-refractivity contribution in [2.75, 3.05) is 13.2 Å². The predicted octanol–water partition coefficient (Wildman–Crippen LogP) is 3.52. The zero-order valence-electron chi connectivity index (χ0n) is 16.2. The molecule has 27 heavy (non-hydrogen) atoms. The van der Waals surface area contributed by atoms with Crippen LogP contribution in [0.15, 0.2) is 24.3 Å². The van der Waals surface area contributed by atoms with E-state index in [0.29, 0.717) is 24.7 Å². The molecule has 0 aliphatic rings. The van der Waals surface area contributed by atoms with Gasteiger partial charge in [-0.05, 0) is 31.7 Å². The molecule has 0 aliphatic heterocycles. The molecule has 0 aliphatic carbocycles. The van der Waals surface area contributed by atoms with Gasteiger partial charge in [-0.3, -0.25) is 4.79 Å². The highest BCUT2D eigenvalue weighted by atomic mass is 35.5. The number of hydrogen-bond acceptors (Lipinski definition) is 4. The van der Waals surface area contributed by atoms with Gasteiger partial charge >= 0.3 is 5.97 Å². The predicted molar refractivity (Wildman–Crippen MR) is 105 cm³/mol. The maximum atomic E-state index is 12.3. The molecule has 2 rings (SSSR count). The lowest BCUT2D eigenvalue weighted by Gasteiger charge is -2.08. The Morgan fingerprint density at radius 3 is 2.52 bits per heavy atom. The molecular weight excluding hydrogens is 366 g/mol. The smallest absolute Gasteiger partial charge is 0.343 e. The van der Waals surface area contributed by atoms with Gasteiger partial charge in [-0.15, -0.1) is 0 Å². The van der Waals surface area contributed by atoms with E-state index in [1.165, 1.54) is 0 Å². The topological polar surface area (TPSA) is 73.2 Å². The van der Waals surface area contributed by atoms with Gasteiger partial charge in [-0.2, -0.15) is 5.10 Å². The van der Waals surface area contributed by atoms with Gasteiger partial charge in [0.25, 0.3) is 5.91 Å². The van der Waals surface area contributed by atoms with Crippen LogP contribution in [0, 0.1) is 19.8 Å². The van der Waals surface area contributed by atoms with E-state index < -0.39 is 5.97 Å². The van der Waals surface area contributed by atoms with E-state index in [2.05, 4.69) is 24.3 Å². The average molecular weight is 392 g/mol. The summed E-state index contributed by atoms with van der Waals surface area (Å²) < 4.78 is 6.66. The van der Waals surface area contributed by atoms with Crippen molar-refractivity contribution in [1.82, 2.24) is 15.1 Å². The monoisotopic (exact) mass is 391 g/mol. The zero-order chi connectivity index (χ0) is 20.0. The van der Waals surface area contributed by atoms with E-state index in [9.17, 15) is 9.59 Å². The summed E-state index contributed by atoms with van der Waals surface area (Å²) in [5, 5.41) is 7.26. The fourth-order valence-electron chi connectivity index (χ4n) is 2.51.